The second kappa shape index (κ2) is 11.7. The molecule has 0 radical (unpaired) electrons. The molecule has 0 fully saturated rings. The van der Waals surface area contributed by atoms with Gasteiger partial charge < -0.3 is 15.4 Å². The number of nitrogens with zero attached hydrogens (tertiary/aromatic N) is 3. The molecule has 35 heavy (non-hydrogen) atoms. The fraction of sp³-hybridized carbons (Fsp3) is 0.185. The van der Waals surface area contributed by atoms with Gasteiger partial charge in [-0.15, -0.1) is 0 Å². The number of carbonyl (C=O) groups is 1. The first-order valence-corrected chi connectivity index (χ1v) is 11.0. The minimum absolute atomic E-state index is 0.125. The quantitative estimate of drug-likeness (QED) is 0.228. The smallest absolute Gasteiger partial charge is 0.251 e. The van der Waals surface area contributed by atoms with E-state index in [0.717, 1.165) is 11.1 Å². The van der Waals surface area contributed by atoms with Gasteiger partial charge in [-0.2, -0.15) is 0 Å². The van der Waals surface area contributed by atoms with Crippen molar-refractivity contribution in [3.8, 4) is 17.0 Å². The molecule has 3 rings (SSSR count). The van der Waals surface area contributed by atoms with Crippen LogP contribution in [0.2, 0.25) is 0 Å². The van der Waals surface area contributed by atoms with Crippen molar-refractivity contribution in [2.75, 3.05) is 17.7 Å². The Morgan fingerprint density at radius 1 is 1.20 bits per heavy atom. The zero-order valence-electron chi connectivity index (χ0n) is 20.2. The van der Waals surface area contributed by atoms with Gasteiger partial charge in [0.2, 0.25) is 0 Å². The van der Waals surface area contributed by atoms with E-state index in [9.17, 15) is 9.18 Å². The van der Waals surface area contributed by atoms with E-state index >= 15 is 0 Å². The Labute approximate surface area is 204 Å². The molecule has 0 aliphatic heterocycles. The van der Waals surface area contributed by atoms with Crippen LogP contribution in [0.1, 0.15) is 32.4 Å². The maximum absolute atomic E-state index is 13.8. The van der Waals surface area contributed by atoms with Crippen LogP contribution in [0.25, 0.3) is 11.3 Å². The Morgan fingerprint density at radius 2 is 2.00 bits per heavy atom. The number of benzene rings is 2. The first kappa shape index (κ1) is 25.3. The molecule has 3 aromatic rings. The fourth-order valence-corrected chi connectivity index (χ4v) is 3.40. The SMILES string of the molecule is C=N/C=C(C)\C=C(/C)C(=O)Nc1cccc([C@H](C)Nc2cncc(-c3ccc(F)c(OC)c3)n2)c1. The Kier molecular flexibility index (Phi) is 8.45. The molecular formula is C27H28FN5O2. The molecule has 2 aromatic carbocycles. The van der Waals surface area contributed by atoms with Gasteiger partial charge in [0.25, 0.3) is 5.91 Å². The number of nitrogens with one attached hydrogen (secondary N) is 2. The van der Waals surface area contributed by atoms with Gasteiger partial charge in [-0.25, -0.2) is 9.37 Å². The third-order valence-corrected chi connectivity index (χ3v) is 5.19. The molecule has 1 amide bonds. The van der Waals surface area contributed by atoms with Crippen molar-refractivity contribution in [1.82, 2.24) is 9.97 Å². The molecular weight excluding hydrogens is 445 g/mol. The molecule has 0 saturated heterocycles. The lowest BCUT2D eigenvalue weighted by Gasteiger charge is -2.17. The van der Waals surface area contributed by atoms with Crippen molar-refractivity contribution in [2.24, 2.45) is 4.99 Å². The highest BCUT2D eigenvalue weighted by Crippen LogP contribution is 2.26. The number of aromatic nitrogens is 2. The van der Waals surface area contributed by atoms with E-state index in [2.05, 4.69) is 32.3 Å². The molecule has 0 bridgehead atoms. The Hall–Kier alpha value is -4.33. The van der Waals surface area contributed by atoms with Crippen molar-refractivity contribution in [1.29, 1.82) is 0 Å². The molecule has 2 N–H and O–H groups in total. The molecule has 0 unspecified atom stereocenters. The monoisotopic (exact) mass is 473 g/mol. The van der Waals surface area contributed by atoms with Gasteiger partial charge in [0, 0.05) is 23.0 Å². The summed E-state index contributed by atoms with van der Waals surface area (Å²) in [5.74, 6) is 0.0612. The Bertz CT molecular complexity index is 1290. The summed E-state index contributed by atoms with van der Waals surface area (Å²) in [4.78, 5) is 25.1. The van der Waals surface area contributed by atoms with Gasteiger partial charge in [-0.3, -0.25) is 14.8 Å². The van der Waals surface area contributed by atoms with Crippen LogP contribution in [0.15, 0.2) is 83.3 Å². The number of hydrogen-bond donors (Lipinski definition) is 2. The lowest BCUT2D eigenvalue weighted by molar-refractivity contribution is -0.112. The molecule has 0 aliphatic rings. The van der Waals surface area contributed by atoms with Crippen molar-refractivity contribution in [3.63, 3.8) is 0 Å². The number of halogens is 1. The van der Waals surface area contributed by atoms with Gasteiger partial charge in [0.1, 0.15) is 5.82 Å². The summed E-state index contributed by atoms with van der Waals surface area (Å²) >= 11 is 0. The second-order valence-electron chi connectivity index (χ2n) is 7.97. The maximum Gasteiger partial charge on any atom is 0.251 e. The highest BCUT2D eigenvalue weighted by atomic mass is 19.1. The van der Waals surface area contributed by atoms with Gasteiger partial charge >= 0.3 is 0 Å². The van der Waals surface area contributed by atoms with Gasteiger partial charge in [-0.05, 0) is 75.0 Å². The average molecular weight is 474 g/mol. The number of anilines is 2. The van der Waals surface area contributed by atoms with Crippen LogP contribution in [-0.2, 0) is 4.79 Å². The summed E-state index contributed by atoms with van der Waals surface area (Å²) in [6.07, 6.45) is 6.57. The Balaban J connectivity index is 1.73. The molecule has 1 aromatic heterocycles. The summed E-state index contributed by atoms with van der Waals surface area (Å²) in [5, 5.41) is 6.24. The fourth-order valence-electron chi connectivity index (χ4n) is 3.40. The number of carbonyl (C=O) groups excluding carboxylic acids is 1. The summed E-state index contributed by atoms with van der Waals surface area (Å²) < 4.78 is 18.8. The number of methoxy groups -OCH3 is 1. The van der Waals surface area contributed by atoms with Gasteiger partial charge in [0.15, 0.2) is 11.6 Å². The maximum atomic E-state index is 13.8. The van der Waals surface area contributed by atoms with Crippen LogP contribution in [0.4, 0.5) is 15.9 Å². The van der Waals surface area contributed by atoms with E-state index < -0.39 is 5.82 Å². The number of ether oxygens (including phenoxy) is 1. The number of aliphatic imine (C=N–C) groups is 1. The van der Waals surface area contributed by atoms with E-state index in [4.69, 9.17) is 4.74 Å². The first-order chi connectivity index (χ1) is 16.8. The summed E-state index contributed by atoms with van der Waals surface area (Å²) in [6, 6.07) is 12.0. The minimum atomic E-state index is -0.440. The van der Waals surface area contributed by atoms with E-state index in [1.54, 1.807) is 43.7 Å². The number of rotatable bonds is 9. The standard InChI is InChI=1S/C27H28FN5O2/c1-17(14-29-4)11-18(2)27(34)32-22-8-6-7-20(12-22)19(3)31-26-16-30-15-24(33-26)21-9-10-23(28)25(13-21)35-5/h6-16,19H,4H2,1-3,5H3,(H,31,33)(H,32,34)/b17-14-,18-11+/t19-/m0/s1. The molecule has 7 nitrogen and oxygen atoms in total. The van der Waals surface area contributed by atoms with Crippen LogP contribution in [0, 0.1) is 5.82 Å². The summed E-state index contributed by atoms with van der Waals surface area (Å²) in [5.41, 5.74) is 4.29. The zero-order chi connectivity index (χ0) is 25.4. The van der Waals surface area contributed by atoms with Gasteiger partial charge in [0.05, 0.1) is 31.2 Å². The minimum Gasteiger partial charge on any atom is -0.494 e. The molecule has 0 aliphatic carbocycles. The average Bonchev–Trinajstić information content (AvgIpc) is 2.84. The lowest BCUT2D eigenvalue weighted by atomic mass is 10.1. The predicted octanol–water partition coefficient (Wildman–Crippen LogP) is 5.95. The number of amides is 1. The molecule has 180 valence electrons. The van der Waals surface area contributed by atoms with Crippen molar-refractivity contribution >= 4 is 24.1 Å². The van der Waals surface area contributed by atoms with Crippen molar-refractivity contribution < 1.29 is 13.9 Å². The van der Waals surface area contributed by atoms with Crippen LogP contribution >= 0.6 is 0 Å². The van der Waals surface area contributed by atoms with E-state index in [-0.39, 0.29) is 17.7 Å². The van der Waals surface area contributed by atoms with E-state index in [0.29, 0.717) is 28.3 Å². The second-order valence-corrected chi connectivity index (χ2v) is 7.97. The largest absolute Gasteiger partial charge is 0.494 e. The molecule has 0 spiro atoms. The third-order valence-electron chi connectivity index (χ3n) is 5.19. The van der Waals surface area contributed by atoms with E-state index in [1.165, 1.54) is 13.2 Å². The summed E-state index contributed by atoms with van der Waals surface area (Å²) in [7, 11) is 1.42. The van der Waals surface area contributed by atoms with Crippen LogP contribution < -0.4 is 15.4 Å². The van der Waals surface area contributed by atoms with Crippen LogP contribution in [0.3, 0.4) is 0 Å². The van der Waals surface area contributed by atoms with Crippen LogP contribution in [0.5, 0.6) is 5.75 Å². The molecule has 1 atom stereocenters. The zero-order valence-corrected chi connectivity index (χ0v) is 20.2. The molecule has 8 heteroatoms. The first-order valence-electron chi connectivity index (χ1n) is 11.0. The van der Waals surface area contributed by atoms with Crippen molar-refractivity contribution in [2.45, 2.75) is 26.8 Å². The van der Waals surface area contributed by atoms with Gasteiger partial charge in [-0.1, -0.05) is 12.1 Å². The predicted molar refractivity (Wildman–Crippen MR) is 138 cm³/mol. The highest BCUT2D eigenvalue weighted by Gasteiger charge is 2.12. The number of allylic oxidation sites excluding steroid dienone is 2. The number of hydrogen-bond acceptors (Lipinski definition) is 6. The normalized spacial score (nSPS) is 12.6. The topological polar surface area (TPSA) is 88.5 Å². The van der Waals surface area contributed by atoms with Crippen molar-refractivity contribution in [3.05, 3.63) is 89.7 Å². The highest BCUT2D eigenvalue weighted by molar-refractivity contribution is 6.03. The van der Waals surface area contributed by atoms with E-state index in [1.807, 2.05) is 38.1 Å². The Morgan fingerprint density at radius 3 is 2.74 bits per heavy atom. The van der Waals surface area contributed by atoms with Crippen LogP contribution in [-0.4, -0.2) is 29.7 Å². The summed E-state index contributed by atoms with van der Waals surface area (Å²) in [6.45, 7) is 8.99. The molecule has 0 saturated carbocycles. The molecule has 1 heterocycles. The lowest BCUT2D eigenvalue weighted by Crippen LogP contribution is -2.14. The third kappa shape index (κ3) is 6.83.